The fraction of sp³-hybridized carbons (Fsp3) is 0.350. The van der Waals surface area contributed by atoms with Crippen LogP contribution in [0.2, 0.25) is 0 Å². The van der Waals surface area contributed by atoms with Crippen LogP contribution in [0.5, 0.6) is 0 Å². The van der Waals surface area contributed by atoms with Crippen molar-refractivity contribution in [1.82, 2.24) is 4.90 Å². The van der Waals surface area contributed by atoms with Crippen LogP contribution in [0, 0.1) is 0 Å². The molecule has 0 N–H and O–H groups in total. The first-order chi connectivity index (χ1) is 11.8. The zero-order valence-electron chi connectivity index (χ0n) is 13.9. The van der Waals surface area contributed by atoms with Crippen LogP contribution in [0.3, 0.4) is 0 Å². The molecule has 1 heterocycles. The van der Waals surface area contributed by atoms with E-state index in [-0.39, 0.29) is 18.2 Å². The zero-order valence-corrected chi connectivity index (χ0v) is 13.9. The largest absolute Gasteiger partial charge is 0.445 e. The van der Waals surface area contributed by atoms with Gasteiger partial charge in [-0.1, -0.05) is 60.7 Å². The number of likely N-dealkylation sites (tertiary alicyclic amines) is 1. The van der Waals surface area contributed by atoms with Crippen LogP contribution in [0.25, 0.3) is 0 Å². The highest BCUT2D eigenvalue weighted by molar-refractivity contribution is 5.68. The van der Waals surface area contributed by atoms with Crippen molar-refractivity contribution in [2.45, 2.75) is 31.6 Å². The Labute approximate surface area is 143 Å². The lowest BCUT2D eigenvalue weighted by Crippen LogP contribution is -2.41. The number of carbonyl (C=O) groups excluding carboxylic acids is 1. The molecule has 1 aliphatic rings. The van der Waals surface area contributed by atoms with Crippen molar-refractivity contribution in [2.24, 2.45) is 0 Å². The SMILES string of the molecule is CO[C@H]1CCN(C(=O)OCc2ccccc2)[C@H]1Cc1ccccc1. The average Bonchev–Trinajstić information content (AvgIpc) is 3.04. The first kappa shape index (κ1) is 16.5. The molecule has 0 saturated carbocycles. The Morgan fingerprint density at radius 3 is 2.29 bits per heavy atom. The summed E-state index contributed by atoms with van der Waals surface area (Å²) >= 11 is 0. The van der Waals surface area contributed by atoms with Gasteiger partial charge in [0.1, 0.15) is 6.61 Å². The van der Waals surface area contributed by atoms with Gasteiger partial charge in [-0.05, 0) is 24.0 Å². The number of amides is 1. The number of hydrogen-bond acceptors (Lipinski definition) is 3. The predicted octanol–water partition coefficient (Wildman–Crippen LogP) is 3.66. The summed E-state index contributed by atoms with van der Waals surface area (Å²) < 4.78 is 11.1. The van der Waals surface area contributed by atoms with E-state index in [4.69, 9.17) is 9.47 Å². The van der Waals surface area contributed by atoms with E-state index in [0.29, 0.717) is 13.2 Å². The molecule has 2 aromatic rings. The van der Waals surface area contributed by atoms with Crippen molar-refractivity contribution in [2.75, 3.05) is 13.7 Å². The molecule has 0 aliphatic carbocycles. The van der Waals surface area contributed by atoms with Gasteiger partial charge in [0.2, 0.25) is 0 Å². The van der Waals surface area contributed by atoms with Crippen molar-refractivity contribution in [3.05, 3.63) is 71.8 Å². The van der Waals surface area contributed by atoms with Crippen LogP contribution in [-0.4, -0.2) is 36.8 Å². The van der Waals surface area contributed by atoms with Gasteiger partial charge in [-0.2, -0.15) is 0 Å². The lowest BCUT2D eigenvalue weighted by atomic mass is 10.0. The first-order valence-corrected chi connectivity index (χ1v) is 8.32. The van der Waals surface area contributed by atoms with Crippen LogP contribution in [-0.2, 0) is 22.5 Å². The average molecular weight is 325 g/mol. The monoisotopic (exact) mass is 325 g/mol. The molecule has 4 nitrogen and oxygen atoms in total. The van der Waals surface area contributed by atoms with Gasteiger partial charge in [-0.25, -0.2) is 4.79 Å². The topological polar surface area (TPSA) is 38.8 Å². The second-order valence-electron chi connectivity index (χ2n) is 6.05. The van der Waals surface area contributed by atoms with Crippen molar-refractivity contribution >= 4 is 6.09 Å². The molecule has 2 aromatic carbocycles. The van der Waals surface area contributed by atoms with Gasteiger partial charge in [0.15, 0.2) is 0 Å². The van der Waals surface area contributed by atoms with Crippen LogP contribution >= 0.6 is 0 Å². The normalized spacial score (nSPS) is 20.1. The van der Waals surface area contributed by atoms with E-state index in [1.165, 1.54) is 5.56 Å². The Bertz CT molecular complexity index is 644. The number of rotatable bonds is 5. The molecule has 0 unspecified atom stereocenters. The van der Waals surface area contributed by atoms with E-state index in [1.54, 1.807) is 7.11 Å². The molecule has 3 rings (SSSR count). The summed E-state index contributed by atoms with van der Waals surface area (Å²) in [6.45, 7) is 0.968. The third kappa shape index (κ3) is 3.95. The minimum absolute atomic E-state index is 0.0145. The Kier molecular flexibility index (Phi) is 5.49. The van der Waals surface area contributed by atoms with Crippen molar-refractivity contribution in [3.63, 3.8) is 0 Å². The Hall–Kier alpha value is -2.33. The highest BCUT2D eigenvalue weighted by Gasteiger charge is 2.38. The van der Waals surface area contributed by atoms with Crippen LogP contribution in [0.1, 0.15) is 17.5 Å². The molecule has 126 valence electrons. The summed E-state index contributed by atoms with van der Waals surface area (Å²) in [6, 6.07) is 20.0. The fourth-order valence-electron chi connectivity index (χ4n) is 3.23. The molecular formula is C20H23NO3. The highest BCUT2D eigenvalue weighted by atomic mass is 16.6. The molecule has 1 fully saturated rings. The third-order valence-corrected chi connectivity index (χ3v) is 4.51. The lowest BCUT2D eigenvalue weighted by Gasteiger charge is -2.27. The maximum Gasteiger partial charge on any atom is 0.410 e. The summed E-state index contributed by atoms with van der Waals surface area (Å²) in [5.74, 6) is 0. The van der Waals surface area contributed by atoms with Gasteiger partial charge in [-0.15, -0.1) is 0 Å². The summed E-state index contributed by atoms with van der Waals surface area (Å²) in [7, 11) is 1.71. The van der Waals surface area contributed by atoms with Crippen LogP contribution < -0.4 is 0 Å². The molecule has 0 bridgehead atoms. The van der Waals surface area contributed by atoms with Gasteiger partial charge >= 0.3 is 6.09 Å². The lowest BCUT2D eigenvalue weighted by molar-refractivity contribution is 0.0508. The van der Waals surface area contributed by atoms with E-state index in [2.05, 4.69) is 12.1 Å². The second kappa shape index (κ2) is 7.97. The van der Waals surface area contributed by atoms with E-state index in [1.807, 2.05) is 53.4 Å². The van der Waals surface area contributed by atoms with Crippen molar-refractivity contribution in [3.8, 4) is 0 Å². The summed E-state index contributed by atoms with van der Waals surface area (Å²) in [5.41, 5.74) is 2.19. The van der Waals surface area contributed by atoms with Gasteiger partial charge in [0, 0.05) is 13.7 Å². The number of benzene rings is 2. The predicted molar refractivity (Wildman–Crippen MR) is 92.7 cm³/mol. The standard InChI is InChI=1S/C20H23NO3/c1-23-19-12-13-21(18(19)14-16-8-4-2-5-9-16)20(22)24-15-17-10-6-3-7-11-17/h2-11,18-19H,12-15H2,1H3/t18-,19-/m0/s1. The van der Waals surface area contributed by atoms with Gasteiger partial charge in [0.05, 0.1) is 12.1 Å². The van der Waals surface area contributed by atoms with Gasteiger partial charge in [0.25, 0.3) is 0 Å². The molecule has 1 aliphatic heterocycles. The maximum atomic E-state index is 12.5. The fourth-order valence-corrected chi connectivity index (χ4v) is 3.23. The minimum Gasteiger partial charge on any atom is -0.445 e. The number of nitrogens with zero attached hydrogens (tertiary/aromatic N) is 1. The zero-order chi connectivity index (χ0) is 16.8. The minimum atomic E-state index is -0.265. The molecule has 4 heteroatoms. The van der Waals surface area contributed by atoms with Gasteiger partial charge < -0.3 is 14.4 Å². The summed E-state index contributed by atoms with van der Waals surface area (Å²) in [5, 5.41) is 0. The third-order valence-electron chi connectivity index (χ3n) is 4.51. The molecule has 2 atom stereocenters. The molecule has 1 amide bonds. The quantitative estimate of drug-likeness (QED) is 0.842. The number of methoxy groups -OCH3 is 1. The highest BCUT2D eigenvalue weighted by Crippen LogP contribution is 2.25. The molecule has 1 saturated heterocycles. The van der Waals surface area contributed by atoms with E-state index in [0.717, 1.165) is 18.4 Å². The first-order valence-electron chi connectivity index (χ1n) is 8.32. The molecule has 0 radical (unpaired) electrons. The molecule has 0 aromatic heterocycles. The Morgan fingerprint density at radius 1 is 1.04 bits per heavy atom. The van der Waals surface area contributed by atoms with Crippen molar-refractivity contribution in [1.29, 1.82) is 0 Å². The molecular weight excluding hydrogens is 302 g/mol. The maximum absolute atomic E-state index is 12.5. The van der Waals surface area contributed by atoms with Crippen LogP contribution in [0.4, 0.5) is 4.79 Å². The van der Waals surface area contributed by atoms with Gasteiger partial charge in [-0.3, -0.25) is 0 Å². The summed E-state index contributed by atoms with van der Waals surface area (Å²) in [6.07, 6.45) is 1.41. The van der Waals surface area contributed by atoms with Crippen molar-refractivity contribution < 1.29 is 14.3 Å². The van der Waals surface area contributed by atoms with E-state index >= 15 is 0 Å². The van der Waals surface area contributed by atoms with E-state index in [9.17, 15) is 4.79 Å². The second-order valence-corrected chi connectivity index (χ2v) is 6.05. The van der Waals surface area contributed by atoms with Crippen LogP contribution in [0.15, 0.2) is 60.7 Å². The number of ether oxygens (including phenoxy) is 2. The molecule has 24 heavy (non-hydrogen) atoms. The molecule has 0 spiro atoms. The van der Waals surface area contributed by atoms with E-state index < -0.39 is 0 Å². The number of carbonyl (C=O) groups is 1. The smallest absolute Gasteiger partial charge is 0.410 e. The Morgan fingerprint density at radius 2 is 1.67 bits per heavy atom. The number of hydrogen-bond donors (Lipinski definition) is 0. The summed E-state index contributed by atoms with van der Waals surface area (Å²) in [4.78, 5) is 14.3. The Balaban J connectivity index is 1.64.